The number of rotatable bonds is 6. The topological polar surface area (TPSA) is 66.4 Å². The summed E-state index contributed by atoms with van der Waals surface area (Å²) in [5.74, 6) is -1.31. The van der Waals surface area contributed by atoms with E-state index in [-0.39, 0.29) is 12.3 Å². The van der Waals surface area contributed by atoms with Crippen LogP contribution in [0.2, 0.25) is 0 Å². The molecule has 0 saturated heterocycles. The van der Waals surface area contributed by atoms with Gasteiger partial charge in [0.15, 0.2) is 0 Å². The summed E-state index contributed by atoms with van der Waals surface area (Å²) in [7, 11) is 0. The van der Waals surface area contributed by atoms with Crippen molar-refractivity contribution in [1.29, 1.82) is 0 Å². The van der Waals surface area contributed by atoms with Crippen molar-refractivity contribution in [3.05, 3.63) is 60.2 Å². The van der Waals surface area contributed by atoms with E-state index in [1.165, 1.54) is 6.92 Å². The van der Waals surface area contributed by atoms with Crippen LogP contribution in [-0.2, 0) is 16.0 Å². The zero-order chi connectivity index (χ0) is 16.9. The van der Waals surface area contributed by atoms with E-state index in [1.54, 1.807) is 6.92 Å². The van der Waals surface area contributed by atoms with Crippen LogP contribution >= 0.6 is 0 Å². The first-order valence-electron chi connectivity index (χ1n) is 7.63. The summed E-state index contributed by atoms with van der Waals surface area (Å²) in [6, 6.07) is 17.7. The van der Waals surface area contributed by atoms with Crippen molar-refractivity contribution in [1.82, 2.24) is 5.32 Å². The molecule has 1 amide bonds. The second-order valence-corrected chi connectivity index (χ2v) is 5.78. The minimum atomic E-state index is -1.22. The number of hydrogen-bond donors (Lipinski definition) is 2. The fraction of sp³-hybridized carbons (Fsp3) is 0.263. The number of nitrogens with one attached hydrogen (secondary N) is 1. The molecule has 2 aromatic carbocycles. The molecule has 120 valence electrons. The van der Waals surface area contributed by atoms with Crippen LogP contribution in [0.25, 0.3) is 11.1 Å². The summed E-state index contributed by atoms with van der Waals surface area (Å²) >= 11 is 0. The SMILES string of the molecule is CCC(C)(NC(=O)Cc1ccc(-c2ccccc2)cc1)C(=O)O. The first-order chi connectivity index (χ1) is 10.9. The molecule has 4 nitrogen and oxygen atoms in total. The number of carbonyl (C=O) groups excluding carboxylic acids is 1. The maximum absolute atomic E-state index is 12.1. The second-order valence-electron chi connectivity index (χ2n) is 5.78. The van der Waals surface area contributed by atoms with Crippen LogP contribution in [0.1, 0.15) is 25.8 Å². The standard InChI is InChI=1S/C19H21NO3/c1-3-19(2,18(22)23)20-17(21)13-14-9-11-16(12-10-14)15-7-5-4-6-8-15/h4-12H,3,13H2,1-2H3,(H,20,21)(H,22,23). The summed E-state index contributed by atoms with van der Waals surface area (Å²) in [5.41, 5.74) is 1.83. The molecular formula is C19H21NO3. The van der Waals surface area contributed by atoms with Crippen molar-refractivity contribution >= 4 is 11.9 Å². The van der Waals surface area contributed by atoms with Gasteiger partial charge in [0.05, 0.1) is 6.42 Å². The van der Waals surface area contributed by atoms with Gasteiger partial charge in [0, 0.05) is 0 Å². The normalized spacial score (nSPS) is 13.1. The Bertz CT molecular complexity index is 680. The van der Waals surface area contributed by atoms with Gasteiger partial charge < -0.3 is 10.4 Å². The molecule has 0 heterocycles. The van der Waals surface area contributed by atoms with Crippen LogP contribution in [0.4, 0.5) is 0 Å². The van der Waals surface area contributed by atoms with Gasteiger partial charge in [0.2, 0.25) is 5.91 Å². The van der Waals surface area contributed by atoms with Crippen LogP contribution in [0.3, 0.4) is 0 Å². The van der Waals surface area contributed by atoms with Crippen molar-refractivity contribution in [3.8, 4) is 11.1 Å². The number of carbonyl (C=O) groups is 2. The third-order valence-corrected chi connectivity index (χ3v) is 4.02. The zero-order valence-corrected chi connectivity index (χ0v) is 13.4. The molecule has 2 aromatic rings. The predicted molar refractivity (Wildman–Crippen MR) is 90.1 cm³/mol. The molecule has 4 heteroatoms. The van der Waals surface area contributed by atoms with Crippen molar-refractivity contribution in [2.75, 3.05) is 0 Å². The number of benzene rings is 2. The largest absolute Gasteiger partial charge is 0.480 e. The average molecular weight is 311 g/mol. The lowest BCUT2D eigenvalue weighted by atomic mass is 9.98. The molecular weight excluding hydrogens is 290 g/mol. The highest BCUT2D eigenvalue weighted by Gasteiger charge is 2.32. The van der Waals surface area contributed by atoms with Crippen LogP contribution in [-0.4, -0.2) is 22.5 Å². The minimum absolute atomic E-state index is 0.165. The molecule has 2 rings (SSSR count). The van der Waals surface area contributed by atoms with Crippen molar-refractivity contribution in [2.45, 2.75) is 32.2 Å². The maximum Gasteiger partial charge on any atom is 0.329 e. The van der Waals surface area contributed by atoms with Crippen molar-refractivity contribution < 1.29 is 14.7 Å². The molecule has 1 unspecified atom stereocenters. The van der Waals surface area contributed by atoms with Crippen molar-refractivity contribution in [2.24, 2.45) is 0 Å². The van der Waals surface area contributed by atoms with E-state index >= 15 is 0 Å². The highest BCUT2D eigenvalue weighted by atomic mass is 16.4. The Hall–Kier alpha value is -2.62. The van der Waals surface area contributed by atoms with E-state index in [9.17, 15) is 14.7 Å². The van der Waals surface area contributed by atoms with Gasteiger partial charge in [-0.05, 0) is 30.0 Å². The Labute approximate surface area is 136 Å². The van der Waals surface area contributed by atoms with E-state index in [0.717, 1.165) is 16.7 Å². The van der Waals surface area contributed by atoms with Gasteiger partial charge in [-0.2, -0.15) is 0 Å². The van der Waals surface area contributed by atoms with E-state index in [0.29, 0.717) is 6.42 Å². The van der Waals surface area contributed by atoms with E-state index in [2.05, 4.69) is 5.32 Å². The second kappa shape index (κ2) is 7.09. The molecule has 0 fully saturated rings. The summed E-state index contributed by atoms with van der Waals surface area (Å²) in [5, 5.41) is 11.8. The number of amides is 1. The van der Waals surface area contributed by atoms with Crippen LogP contribution < -0.4 is 5.32 Å². The third-order valence-electron chi connectivity index (χ3n) is 4.02. The Kier molecular flexibility index (Phi) is 5.16. The molecule has 0 aliphatic heterocycles. The molecule has 0 aromatic heterocycles. The van der Waals surface area contributed by atoms with Gasteiger partial charge in [0.25, 0.3) is 0 Å². The van der Waals surface area contributed by atoms with Crippen LogP contribution in [0, 0.1) is 0 Å². The first-order valence-corrected chi connectivity index (χ1v) is 7.63. The Morgan fingerprint density at radius 2 is 1.57 bits per heavy atom. The van der Waals surface area contributed by atoms with E-state index in [1.807, 2.05) is 54.6 Å². The molecule has 0 aliphatic rings. The fourth-order valence-electron chi connectivity index (χ4n) is 2.28. The van der Waals surface area contributed by atoms with Gasteiger partial charge >= 0.3 is 5.97 Å². The van der Waals surface area contributed by atoms with Gasteiger partial charge in [-0.25, -0.2) is 4.79 Å². The molecule has 0 saturated carbocycles. The number of carboxylic acids is 1. The molecule has 1 atom stereocenters. The summed E-state index contributed by atoms with van der Waals surface area (Å²) in [6.45, 7) is 3.26. The van der Waals surface area contributed by atoms with Crippen LogP contribution in [0.5, 0.6) is 0 Å². The lowest BCUT2D eigenvalue weighted by molar-refractivity contribution is -0.146. The number of aliphatic carboxylic acids is 1. The quantitative estimate of drug-likeness (QED) is 0.860. The smallest absolute Gasteiger partial charge is 0.329 e. The summed E-state index contributed by atoms with van der Waals surface area (Å²) in [6.07, 6.45) is 0.499. The summed E-state index contributed by atoms with van der Waals surface area (Å²) in [4.78, 5) is 23.3. The monoisotopic (exact) mass is 311 g/mol. The lowest BCUT2D eigenvalue weighted by Gasteiger charge is -2.24. The van der Waals surface area contributed by atoms with E-state index < -0.39 is 11.5 Å². The number of hydrogen-bond acceptors (Lipinski definition) is 2. The lowest BCUT2D eigenvalue weighted by Crippen LogP contribution is -2.52. The molecule has 0 aliphatic carbocycles. The van der Waals surface area contributed by atoms with Gasteiger partial charge in [-0.15, -0.1) is 0 Å². The average Bonchev–Trinajstić information content (AvgIpc) is 2.56. The Morgan fingerprint density at radius 3 is 2.09 bits per heavy atom. The minimum Gasteiger partial charge on any atom is -0.480 e. The summed E-state index contributed by atoms with van der Waals surface area (Å²) < 4.78 is 0. The van der Waals surface area contributed by atoms with Crippen LogP contribution in [0.15, 0.2) is 54.6 Å². The third kappa shape index (κ3) is 4.19. The highest BCUT2D eigenvalue weighted by molar-refractivity contribution is 5.87. The highest BCUT2D eigenvalue weighted by Crippen LogP contribution is 2.19. The Balaban J connectivity index is 2.04. The first kappa shape index (κ1) is 16.7. The van der Waals surface area contributed by atoms with Gasteiger partial charge in [-0.1, -0.05) is 61.5 Å². The maximum atomic E-state index is 12.1. The Morgan fingerprint density at radius 1 is 1.00 bits per heavy atom. The molecule has 23 heavy (non-hydrogen) atoms. The van der Waals surface area contributed by atoms with Gasteiger partial charge in [0.1, 0.15) is 5.54 Å². The molecule has 0 bridgehead atoms. The fourth-order valence-corrected chi connectivity index (χ4v) is 2.28. The van der Waals surface area contributed by atoms with Crippen molar-refractivity contribution in [3.63, 3.8) is 0 Å². The molecule has 0 radical (unpaired) electrons. The van der Waals surface area contributed by atoms with E-state index in [4.69, 9.17) is 0 Å². The predicted octanol–water partition coefficient (Wildman–Crippen LogP) is 3.27. The molecule has 2 N–H and O–H groups in total. The van der Waals surface area contributed by atoms with Gasteiger partial charge in [-0.3, -0.25) is 4.79 Å². The number of carboxylic acid groups (broad SMARTS) is 1. The zero-order valence-electron chi connectivity index (χ0n) is 13.4. The molecule has 0 spiro atoms.